The third-order valence-corrected chi connectivity index (χ3v) is 1.51. The standard InChI is InChI=1S/C10H12N2O/c1-2-9(13)6-8-12-10-5-3-4-7-11-10/h3-8H,2H2,1H3,(H,11,12)/b8-6+. The van der Waals surface area contributed by atoms with Gasteiger partial charge in [0.25, 0.3) is 0 Å². The number of hydrogen-bond acceptors (Lipinski definition) is 3. The largest absolute Gasteiger partial charge is 0.347 e. The number of aromatic nitrogens is 1. The monoisotopic (exact) mass is 176 g/mol. The molecule has 0 aliphatic carbocycles. The first-order chi connectivity index (χ1) is 6.33. The first kappa shape index (κ1) is 9.45. The molecule has 0 unspecified atom stereocenters. The second kappa shape index (κ2) is 5.09. The van der Waals surface area contributed by atoms with Crippen LogP contribution in [0.4, 0.5) is 5.82 Å². The Morgan fingerprint density at radius 2 is 2.46 bits per heavy atom. The maximum atomic E-state index is 10.9. The van der Waals surface area contributed by atoms with E-state index in [4.69, 9.17) is 0 Å². The summed E-state index contributed by atoms with van der Waals surface area (Å²) in [6.45, 7) is 1.83. The molecular formula is C10H12N2O. The van der Waals surface area contributed by atoms with Crippen LogP contribution in [0, 0.1) is 0 Å². The molecule has 1 aromatic heterocycles. The lowest BCUT2D eigenvalue weighted by Crippen LogP contribution is -1.93. The van der Waals surface area contributed by atoms with Gasteiger partial charge in [-0.3, -0.25) is 4.79 Å². The van der Waals surface area contributed by atoms with E-state index in [1.54, 1.807) is 12.4 Å². The maximum Gasteiger partial charge on any atom is 0.156 e. The van der Waals surface area contributed by atoms with Crippen molar-refractivity contribution in [3.05, 3.63) is 36.7 Å². The van der Waals surface area contributed by atoms with E-state index in [9.17, 15) is 4.79 Å². The van der Waals surface area contributed by atoms with Gasteiger partial charge in [-0.15, -0.1) is 0 Å². The molecule has 0 amide bonds. The highest BCUT2D eigenvalue weighted by molar-refractivity contribution is 5.89. The molecule has 0 fully saturated rings. The van der Waals surface area contributed by atoms with E-state index in [1.807, 2.05) is 25.1 Å². The normalized spacial score (nSPS) is 10.2. The van der Waals surface area contributed by atoms with Crippen molar-refractivity contribution < 1.29 is 4.79 Å². The molecule has 13 heavy (non-hydrogen) atoms. The van der Waals surface area contributed by atoms with Gasteiger partial charge in [0, 0.05) is 18.8 Å². The van der Waals surface area contributed by atoms with E-state index in [0.717, 1.165) is 5.82 Å². The first-order valence-corrected chi connectivity index (χ1v) is 4.20. The Labute approximate surface area is 77.5 Å². The zero-order valence-electron chi connectivity index (χ0n) is 7.53. The maximum absolute atomic E-state index is 10.9. The van der Waals surface area contributed by atoms with Crippen LogP contribution in [0.15, 0.2) is 36.7 Å². The van der Waals surface area contributed by atoms with Gasteiger partial charge in [0.05, 0.1) is 0 Å². The molecule has 0 atom stereocenters. The van der Waals surface area contributed by atoms with Crippen LogP contribution in [-0.4, -0.2) is 10.8 Å². The summed E-state index contributed by atoms with van der Waals surface area (Å²) >= 11 is 0. The van der Waals surface area contributed by atoms with E-state index in [0.29, 0.717) is 6.42 Å². The Kier molecular flexibility index (Phi) is 3.70. The summed E-state index contributed by atoms with van der Waals surface area (Å²) in [5, 5.41) is 2.90. The minimum atomic E-state index is 0.100. The van der Waals surface area contributed by atoms with E-state index >= 15 is 0 Å². The first-order valence-electron chi connectivity index (χ1n) is 4.20. The fraction of sp³-hybridized carbons (Fsp3) is 0.200. The number of carbonyl (C=O) groups excluding carboxylic acids is 1. The highest BCUT2D eigenvalue weighted by Crippen LogP contribution is 1.98. The summed E-state index contributed by atoms with van der Waals surface area (Å²) in [7, 11) is 0. The number of nitrogens with zero attached hydrogens (tertiary/aromatic N) is 1. The molecule has 0 aliphatic rings. The van der Waals surface area contributed by atoms with Crippen LogP contribution in [-0.2, 0) is 4.79 Å². The summed E-state index contributed by atoms with van der Waals surface area (Å²) < 4.78 is 0. The minimum absolute atomic E-state index is 0.100. The summed E-state index contributed by atoms with van der Waals surface area (Å²) in [6, 6.07) is 5.55. The highest BCUT2D eigenvalue weighted by Gasteiger charge is 1.89. The molecule has 1 rings (SSSR count). The number of allylic oxidation sites excluding steroid dienone is 1. The van der Waals surface area contributed by atoms with Gasteiger partial charge in [-0.1, -0.05) is 13.0 Å². The number of pyridine rings is 1. The van der Waals surface area contributed by atoms with Crippen molar-refractivity contribution in [2.24, 2.45) is 0 Å². The van der Waals surface area contributed by atoms with Crippen LogP contribution in [0.25, 0.3) is 0 Å². The molecule has 0 saturated carbocycles. The van der Waals surface area contributed by atoms with Gasteiger partial charge in [-0.25, -0.2) is 4.98 Å². The lowest BCUT2D eigenvalue weighted by atomic mass is 10.3. The van der Waals surface area contributed by atoms with Crippen molar-refractivity contribution in [1.82, 2.24) is 4.98 Å². The molecule has 0 bridgehead atoms. The average molecular weight is 176 g/mol. The smallest absolute Gasteiger partial charge is 0.156 e. The van der Waals surface area contributed by atoms with E-state index < -0.39 is 0 Å². The fourth-order valence-electron chi connectivity index (χ4n) is 0.786. The van der Waals surface area contributed by atoms with Gasteiger partial charge < -0.3 is 5.32 Å². The van der Waals surface area contributed by atoms with Crippen LogP contribution in [0.5, 0.6) is 0 Å². The topological polar surface area (TPSA) is 42.0 Å². The summed E-state index contributed by atoms with van der Waals surface area (Å²) in [6.07, 6.45) is 5.33. The molecule has 3 heteroatoms. The molecule has 0 radical (unpaired) electrons. The van der Waals surface area contributed by atoms with Gasteiger partial charge in [0.1, 0.15) is 5.82 Å². The lowest BCUT2D eigenvalue weighted by Gasteiger charge is -1.96. The SMILES string of the molecule is CCC(=O)/C=C/Nc1ccccn1. The minimum Gasteiger partial charge on any atom is -0.347 e. The molecule has 1 heterocycles. The number of hydrogen-bond donors (Lipinski definition) is 1. The molecule has 0 aromatic carbocycles. The van der Waals surface area contributed by atoms with Crippen LogP contribution in [0.3, 0.4) is 0 Å². The third kappa shape index (κ3) is 3.51. The molecule has 3 nitrogen and oxygen atoms in total. The van der Waals surface area contributed by atoms with Crippen LogP contribution in [0.2, 0.25) is 0 Å². The number of ketones is 1. The molecule has 68 valence electrons. The summed E-state index contributed by atoms with van der Waals surface area (Å²) in [5.74, 6) is 0.839. The fourth-order valence-corrected chi connectivity index (χ4v) is 0.786. The van der Waals surface area contributed by atoms with Gasteiger partial charge >= 0.3 is 0 Å². The Hall–Kier alpha value is -1.64. The molecule has 1 aromatic rings. The van der Waals surface area contributed by atoms with E-state index in [2.05, 4.69) is 10.3 Å². The van der Waals surface area contributed by atoms with Gasteiger partial charge in [0.15, 0.2) is 5.78 Å². The van der Waals surface area contributed by atoms with Crippen LogP contribution < -0.4 is 5.32 Å². The number of rotatable bonds is 4. The number of anilines is 1. The average Bonchev–Trinajstić information content (AvgIpc) is 2.19. The van der Waals surface area contributed by atoms with E-state index in [-0.39, 0.29) is 5.78 Å². The number of carbonyl (C=O) groups is 1. The lowest BCUT2D eigenvalue weighted by molar-refractivity contribution is -0.114. The Morgan fingerprint density at radius 1 is 1.62 bits per heavy atom. The van der Waals surface area contributed by atoms with Crippen LogP contribution in [0.1, 0.15) is 13.3 Å². The number of nitrogens with one attached hydrogen (secondary N) is 1. The van der Waals surface area contributed by atoms with Crippen molar-refractivity contribution >= 4 is 11.6 Å². The van der Waals surface area contributed by atoms with E-state index in [1.165, 1.54) is 6.08 Å². The second-order valence-corrected chi connectivity index (χ2v) is 2.51. The predicted octanol–water partition coefficient (Wildman–Crippen LogP) is 1.99. The Balaban J connectivity index is 2.44. The summed E-state index contributed by atoms with van der Waals surface area (Å²) in [5.41, 5.74) is 0. The predicted molar refractivity (Wildman–Crippen MR) is 52.3 cm³/mol. The molecule has 0 aliphatic heterocycles. The zero-order valence-corrected chi connectivity index (χ0v) is 7.53. The second-order valence-electron chi connectivity index (χ2n) is 2.51. The molecule has 1 N–H and O–H groups in total. The molecule has 0 spiro atoms. The van der Waals surface area contributed by atoms with Gasteiger partial charge in [-0.2, -0.15) is 0 Å². The summed E-state index contributed by atoms with van der Waals surface area (Å²) in [4.78, 5) is 14.9. The molecule has 0 saturated heterocycles. The Bertz CT molecular complexity index is 293. The van der Waals surface area contributed by atoms with Gasteiger partial charge in [0.2, 0.25) is 0 Å². The molecular weight excluding hydrogens is 164 g/mol. The van der Waals surface area contributed by atoms with Crippen molar-refractivity contribution in [2.75, 3.05) is 5.32 Å². The van der Waals surface area contributed by atoms with Crippen LogP contribution >= 0.6 is 0 Å². The van der Waals surface area contributed by atoms with Gasteiger partial charge in [-0.05, 0) is 18.2 Å². The Morgan fingerprint density at radius 3 is 3.08 bits per heavy atom. The zero-order chi connectivity index (χ0) is 9.52. The van der Waals surface area contributed by atoms with Crippen molar-refractivity contribution in [3.63, 3.8) is 0 Å². The van der Waals surface area contributed by atoms with Crippen molar-refractivity contribution in [1.29, 1.82) is 0 Å². The quantitative estimate of drug-likeness (QED) is 0.713. The highest BCUT2D eigenvalue weighted by atomic mass is 16.1. The van der Waals surface area contributed by atoms with Crippen molar-refractivity contribution in [2.45, 2.75) is 13.3 Å². The van der Waals surface area contributed by atoms with Crippen molar-refractivity contribution in [3.8, 4) is 0 Å². The third-order valence-electron chi connectivity index (χ3n) is 1.51.